The Labute approximate surface area is 142 Å². The summed E-state index contributed by atoms with van der Waals surface area (Å²) in [6.07, 6.45) is 2.19. The van der Waals surface area contributed by atoms with Gasteiger partial charge in [-0.25, -0.2) is 4.98 Å². The van der Waals surface area contributed by atoms with Gasteiger partial charge >= 0.3 is 0 Å². The number of amides is 1. The highest BCUT2D eigenvalue weighted by Gasteiger charge is 2.24. The van der Waals surface area contributed by atoms with E-state index in [1.165, 1.54) is 0 Å². The number of hydrogen-bond donors (Lipinski definition) is 1. The predicted octanol–water partition coefficient (Wildman–Crippen LogP) is 3.74. The minimum Gasteiger partial charge on any atom is -0.352 e. The van der Waals surface area contributed by atoms with Crippen molar-refractivity contribution < 1.29 is 4.79 Å². The van der Waals surface area contributed by atoms with Crippen molar-refractivity contribution in [3.8, 4) is 11.4 Å². The van der Waals surface area contributed by atoms with Crippen LogP contribution in [0.3, 0.4) is 0 Å². The summed E-state index contributed by atoms with van der Waals surface area (Å²) >= 11 is 3.45. The molecule has 5 heteroatoms. The number of hydrogen-bond acceptors (Lipinski definition) is 2. The number of aromatic nitrogens is 2. The van der Waals surface area contributed by atoms with Crippen LogP contribution >= 0.6 is 15.9 Å². The van der Waals surface area contributed by atoms with Crippen molar-refractivity contribution >= 4 is 32.9 Å². The van der Waals surface area contributed by atoms with Crippen LogP contribution in [0.15, 0.2) is 53.0 Å². The molecule has 3 aromatic rings. The number of nitrogens with zero attached hydrogens (tertiary/aromatic N) is 2. The number of carbonyl (C=O) groups is 1. The lowest BCUT2D eigenvalue weighted by atomic mass is 10.2. The van der Waals surface area contributed by atoms with Gasteiger partial charge in [0.05, 0.1) is 11.0 Å². The molecule has 0 aliphatic heterocycles. The molecule has 116 valence electrons. The number of rotatable bonds is 4. The highest BCUT2D eigenvalue weighted by Crippen LogP contribution is 2.26. The summed E-state index contributed by atoms with van der Waals surface area (Å²) in [5.74, 6) is 0.874. The quantitative estimate of drug-likeness (QED) is 0.761. The van der Waals surface area contributed by atoms with E-state index < -0.39 is 0 Å². The maximum atomic E-state index is 12.3. The number of halogens is 1. The third-order valence-corrected chi connectivity index (χ3v) is 4.53. The first-order valence-corrected chi connectivity index (χ1v) is 8.50. The summed E-state index contributed by atoms with van der Waals surface area (Å²) in [6.45, 7) is 0.294. The van der Waals surface area contributed by atoms with E-state index in [9.17, 15) is 4.79 Å². The Bertz CT molecular complexity index is 866. The molecule has 1 saturated carbocycles. The topological polar surface area (TPSA) is 46.9 Å². The first kappa shape index (κ1) is 14.5. The van der Waals surface area contributed by atoms with Gasteiger partial charge in [0.25, 0.3) is 0 Å². The second-order valence-corrected chi connectivity index (χ2v) is 6.77. The summed E-state index contributed by atoms with van der Waals surface area (Å²) in [6, 6.07) is 16.3. The number of carbonyl (C=O) groups excluding carboxylic acids is 1. The Morgan fingerprint density at radius 1 is 1.17 bits per heavy atom. The van der Waals surface area contributed by atoms with Crippen molar-refractivity contribution in [3.05, 3.63) is 53.0 Å². The summed E-state index contributed by atoms with van der Waals surface area (Å²) in [5.41, 5.74) is 2.89. The highest BCUT2D eigenvalue weighted by molar-refractivity contribution is 9.10. The van der Waals surface area contributed by atoms with E-state index in [1.807, 2.05) is 53.1 Å². The van der Waals surface area contributed by atoms with Crippen molar-refractivity contribution in [2.45, 2.75) is 25.4 Å². The number of fused-ring (bicyclic) bond motifs is 1. The molecular weight excluding hydrogens is 354 g/mol. The molecule has 1 aliphatic carbocycles. The third-order valence-electron chi connectivity index (χ3n) is 4.00. The molecule has 0 atom stereocenters. The maximum absolute atomic E-state index is 12.3. The van der Waals surface area contributed by atoms with Gasteiger partial charge in [0.15, 0.2) is 0 Å². The fourth-order valence-electron chi connectivity index (χ4n) is 2.70. The van der Waals surface area contributed by atoms with E-state index in [0.29, 0.717) is 12.6 Å². The average molecular weight is 370 g/mol. The van der Waals surface area contributed by atoms with Crippen LogP contribution in [0.1, 0.15) is 12.8 Å². The Morgan fingerprint density at radius 2 is 1.91 bits per heavy atom. The van der Waals surface area contributed by atoms with E-state index >= 15 is 0 Å². The molecule has 1 amide bonds. The monoisotopic (exact) mass is 369 g/mol. The van der Waals surface area contributed by atoms with Gasteiger partial charge in [0, 0.05) is 16.1 Å². The van der Waals surface area contributed by atoms with Crippen molar-refractivity contribution in [2.24, 2.45) is 0 Å². The molecule has 23 heavy (non-hydrogen) atoms. The molecule has 1 fully saturated rings. The van der Waals surface area contributed by atoms with Crippen LogP contribution in [-0.2, 0) is 11.3 Å². The summed E-state index contributed by atoms with van der Waals surface area (Å²) in [7, 11) is 0. The van der Waals surface area contributed by atoms with E-state index in [4.69, 9.17) is 4.98 Å². The van der Waals surface area contributed by atoms with E-state index in [0.717, 1.165) is 39.7 Å². The molecule has 1 aliphatic rings. The van der Waals surface area contributed by atoms with Gasteiger partial charge < -0.3 is 9.88 Å². The maximum Gasteiger partial charge on any atom is 0.240 e. The smallest absolute Gasteiger partial charge is 0.240 e. The average Bonchev–Trinajstić information content (AvgIpc) is 3.29. The summed E-state index contributed by atoms with van der Waals surface area (Å²) in [5, 5.41) is 3.05. The van der Waals surface area contributed by atoms with Gasteiger partial charge in [-0.1, -0.05) is 40.2 Å². The van der Waals surface area contributed by atoms with Crippen LogP contribution in [0, 0.1) is 0 Å². The first-order chi connectivity index (χ1) is 11.2. The molecule has 0 bridgehead atoms. The molecule has 4 rings (SSSR count). The van der Waals surface area contributed by atoms with Crippen LogP contribution < -0.4 is 5.32 Å². The van der Waals surface area contributed by atoms with Crippen LogP contribution in [0.4, 0.5) is 0 Å². The molecule has 0 unspecified atom stereocenters. The Morgan fingerprint density at radius 3 is 2.65 bits per heavy atom. The molecule has 0 spiro atoms. The third kappa shape index (κ3) is 3.01. The van der Waals surface area contributed by atoms with Gasteiger partial charge in [-0.2, -0.15) is 0 Å². The fraction of sp³-hybridized carbons (Fsp3) is 0.222. The van der Waals surface area contributed by atoms with Crippen molar-refractivity contribution in [1.29, 1.82) is 0 Å². The number of para-hydroxylation sites is 2. The number of nitrogens with one attached hydrogen (secondary N) is 1. The minimum absolute atomic E-state index is 0.0500. The number of benzene rings is 2. The van der Waals surface area contributed by atoms with Crippen molar-refractivity contribution in [3.63, 3.8) is 0 Å². The minimum atomic E-state index is 0.0500. The molecule has 0 radical (unpaired) electrons. The van der Waals surface area contributed by atoms with Crippen molar-refractivity contribution in [1.82, 2.24) is 14.9 Å². The lowest BCUT2D eigenvalue weighted by Gasteiger charge is -2.10. The Hall–Kier alpha value is -2.14. The lowest BCUT2D eigenvalue weighted by Crippen LogP contribution is -2.29. The summed E-state index contributed by atoms with van der Waals surface area (Å²) in [4.78, 5) is 17.0. The van der Waals surface area contributed by atoms with E-state index in [-0.39, 0.29) is 5.91 Å². The Balaban J connectivity index is 1.77. The second kappa shape index (κ2) is 5.81. The van der Waals surface area contributed by atoms with Crippen LogP contribution in [0.25, 0.3) is 22.4 Å². The van der Waals surface area contributed by atoms with Crippen molar-refractivity contribution in [2.75, 3.05) is 0 Å². The van der Waals surface area contributed by atoms with Gasteiger partial charge in [-0.05, 0) is 37.1 Å². The van der Waals surface area contributed by atoms with Gasteiger partial charge in [0.1, 0.15) is 12.4 Å². The van der Waals surface area contributed by atoms with Crippen LogP contribution in [0.5, 0.6) is 0 Å². The standard InChI is InChI=1S/C18H16BrN3O/c19-13-7-5-12(6-8-13)18-21-15-3-1-2-4-16(15)22(18)11-17(23)20-14-9-10-14/h1-8,14H,9-11H2,(H,20,23). The largest absolute Gasteiger partial charge is 0.352 e. The molecule has 0 saturated heterocycles. The highest BCUT2D eigenvalue weighted by atomic mass is 79.9. The summed E-state index contributed by atoms with van der Waals surface area (Å²) < 4.78 is 3.02. The SMILES string of the molecule is O=C(Cn1c(-c2ccc(Br)cc2)nc2ccccc21)NC1CC1. The molecule has 4 nitrogen and oxygen atoms in total. The van der Waals surface area contributed by atoms with Gasteiger partial charge in [-0.15, -0.1) is 0 Å². The van der Waals surface area contributed by atoms with Crippen LogP contribution in [0.2, 0.25) is 0 Å². The molecular formula is C18H16BrN3O. The van der Waals surface area contributed by atoms with E-state index in [2.05, 4.69) is 21.2 Å². The molecule has 1 heterocycles. The lowest BCUT2D eigenvalue weighted by molar-refractivity contribution is -0.121. The zero-order valence-electron chi connectivity index (χ0n) is 12.5. The molecule has 1 N–H and O–H groups in total. The zero-order valence-corrected chi connectivity index (χ0v) is 14.1. The molecule has 2 aromatic carbocycles. The van der Waals surface area contributed by atoms with E-state index in [1.54, 1.807) is 0 Å². The van der Waals surface area contributed by atoms with Crippen LogP contribution in [-0.4, -0.2) is 21.5 Å². The predicted molar refractivity (Wildman–Crippen MR) is 94.0 cm³/mol. The first-order valence-electron chi connectivity index (χ1n) is 7.71. The number of imidazole rings is 1. The van der Waals surface area contributed by atoms with Gasteiger partial charge in [-0.3, -0.25) is 4.79 Å². The Kier molecular flexibility index (Phi) is 3.65. The zero-order chi connectivity index (χ0) is 15.8. The van der Waals surface area contributed by atoms with Gasteiger partial charge in [0.2, 0.25) is 5.91 Å². The second-order valence-electron chi connectivity index (χ2n) is 5.86. The normalized spacial score (nSPS) is 14.1. The fourth-order valence-corrected chi connectivity index (χ4v) is 2.96. The molecule has 1 aromatic heterocycles.